The first-order valence-electron chi connectivity index (χ1n) is 12.8. The maximum absolute atomic E-state index is 14.3. The first-order chi connectivity index (χ1) is 17.6. The molecule has 0 saturated heterocycles. The van der Waals surface area contributed by atoms with Crippen LogP contribution in [0.4, 0.5) is 24.5 Å². The second-order valence-corrected chi connectivity index (χ2v) is 11.1. The van der Waals surface area contributed by atoms with Crippen molar-refractivity contribution < 1.29 is 32.6 Å². The molecule has 1 heterocycles. The van der Waals surface area contributed by atoms with E-state index in [1.54, 1.807) is 18.1 Å². The predicted octanol–water partition coefficient (Wildman–Crippen LogP) is 5.42. The van der Waals surface area contributed by atoms with Gasteiger partial charge in [0.15, 0.2) is 0 Å². The minimum absolute atomic E-state index is 0.253. The van der Waals surface area contributed by atoms with Crippen LogP contribution in [0.15, 0.2) is 36.4 Å². The van der Waals surface area contributed by atoms with Crippen LogP contribution in [0.25, 0.3) is 0 Å². The zero-order valence-corrected chi connectivity index (χ0v) is 20.5. The average molecular weight is 515 g/mol. The van der Waals surface area contributed by atoms with E-state index in [1.807, 2.05) is 12.1 Å². The van der Waals surface area contributed by atoms with Crippen LogP contribution in [0, 0.1) is 23.7 Å². The number of alkyl halides is 3. The average Bonchev–Trinajstić information content (AvgIpc) is 3.28. The molecule has 0 atom stereocenters. The van der Waals surface area contributed by atoms with Gasteiger partial charge in [0.25, 0.3) is 5.91 Å². The number of hydrogen-bond donors (Lipinski definition) is 2. The van der Waals surface area contributed by atoms with Gasteiger partial charge >= 0.3 is 12.1 Å². The number of ether oxygens (including phenoxy) is 1. The minimum atomic E-state index is -4.79. The number of carbonyl (C=O) groups excluding carboxylic acids is 1. The van der Waals surface area contributed by atoms with E-state index in [9.17, 15) is 27.9 Å². The molecule has 4 saturated carbocycles. The van der Waals surface area contributed by atoms with E-state index >= 15 is 0 Å². The van der Waals surface area contributed by atoms with Gasteiger partial charge in [-0.2, -0.15) is 13.2 Å². The molecule has 0 spiro atoms. The van der Waals surface area contributed by atoms with Crippen molar-refractivity contribution in [2.75, 3.05) is 18.6 Å². The van der Waals surface area contributed by atoms with Crippen LogP contribution in [-0.4, -0.2) is 36.2 Å². The Labute approximate surface area is 212 Å². The molecule has 7 rings (SSSR count). The maximum atomic E-state index is 14.3. The number of nitrogens with one attached hydrogen (secondary N) is 1. The summed E-state index contributed by atoms with van der Waals surface area (Å²) in [7, 11) is 1.56. The van der Waals surface area contributed by atoms with E-state index in [0.29, 0.717) is 61.9 Å². The standard InChI is InChI=1S/C28H29F3N2O4/c1-37-21-3-5-24-17(13-21)6-7-33(24)20-2-4-22(23(14-20)28(29,30)31)25(34)32-27(26(35)36)18-9-15-8-16(11-18)12-19(27)10-15/h2-5,13-16,18-19H,6-12H2,1H3,(H,32,34)(H,35,36). The number of anilines is 2. The van der Waals surface area contributed by atoms with Crippen LogP contribution >= 0.6 is 0 Å². The quantitative estimate of drug-likeness (QED) is 0.557. The molecule has 4 bridgehead atoms. The summed E-state index contributed by atoms with van der Waals surface area (Å²) < 4.78 is 48.0. The van der Waals surface area contributed by atoms with E-state index in [-0.39, 0.29) is 11.8 Å². The van der Waals surface area contributed by atoms with Gasteiger partial charge in [0.2, 0.25) is 0 Å². The number of carboxylic acids is 1. The second-order valence-electron chi connectivity index (χ2n) is 11.1. The number of nitrogens with zero attached hydrogens (tertiary/aromatic N) is 1. The molecule has 2 aromatic rings. The van der Waals surface area contributed by atoms with Crippen LogP contribution in [0.2, 0.25) is 0 Å². The van der Waals surface area contributed by atoms with Crippen LogP contribution in [0.1, 0.15) is 53.6 Å². The lowest BCUT2D eigenvalue weighted by Gasteiger charge is -2.59. The highest BCUT2D eigenvalue weighted by Gasteiger charge is 2.62. The summed E-state index contributed by atoms with van der Waals surface area (Å²) in [5.74, 6) is -1.04. The van der Waals surface area contributed by atoms with Crippen LogP contribution in [0.3, 0.4) is 0 Å². The molecule has 4 fully saturated rings. The molecule has 196 valence electrons. The van der Waals surface area contributed by atoms with Crippen molar-refractivity contribution in [3.8, 4) is 5.75 Å². The Morgan fingerprint density at radius 1 is 1.03 bits per heavy atom. The van der Waals surface area contributed by atoms with Gasteiger partial charge in [-0.15, -0.1) is 0 Å². The number of amides is 1. The molecule has 1 amide bonds. The zero-order chi connectivity index (χ0) is 26.1. The van der Waals surface area contributed by atoms with Gasteiger partial charge in [0.1, 0.15) is 11.3 Å². The number of hydrogen-bond acceptors (Lipinski definition) is 4. The summed E-state index contributed by atoms with van der Waals surface area (Å²) >= 11 is 0. The van der Waals surface area contributed by atoms with Crippen LogP contribution in [0.5, 0.6) is 5.75 Å². The number of aliphatic carboxylic acids is 1. The van der Waals surface area contributed by atoms with Gasteiger partial charge in [-0.05, 0) is 104 Å². The van der Waals surface area contributed by atoms with E-state index in [0.717, 1.165) is 23.7 Å². The number of fused-ring (bicyclic) bond motifs is 1. The molecule has 0 aromatic heterocycles. The molecule has 0 radical (unpaired) electrons. The van der Waals surface area contributed by atoms with Gasteiger partial charge in [-0.1, -0.05) is 0 Å². The molecule has 2 N–H and O–H groups in total. The summed E-state index contributed by atoms with van der Waals surface area (Å²) in [6.07, 6.45) is -0.252. The highest BCUT2D eigenvalue weighted by Crippen LogP contribution is 2.58. The fourth-order valence-electron chi connectivity index (χ4n) is 7.70. The number of carbonyl (C=O) groups is 2. The molecule has 5 aliphatic rings. The van der Waals surface area contributed by atoms with Crippen LogP contribution < -0.4 is 15.0 Å². The lowest BCUT2D eigenvalue weighted by molar-refractivity contribution is -0.163. The number of rotatable bonds is 5. The maximum Gasteiger partial charge on any atom is 0.417 e. The third-order valence-electron chi connectivity index (χ3n) is 9.15. The van der Waals surface area contributed by atoms with E-state index in [4.69, 9.17) is 4.74 Å². The van der Waals surface area contributed by atoms with Crippen molar-refractivity contribution in [2.45, 2.75) is 50.2 Å². The van der Waals surface area contributed by atoms with Crippen LogP contribution in [-0.2, 0) is 17.4 Å². The Kier molecular flexibility index (Phi) is 5.47. The first kappa shape index (κ1) is 24.1. The van der Waals surface area contributed by atoms with Crippen molar-refractivity contribution in [3.63, 3.8) is 0 Å². The molecular weight excluding hydrogens is 485 g/mol. The van der Waals surface area contributed by atoms with Gasteiger partial charge < -0.3 is 20.1 Å². The van der Waals surface area contributed by atoms with Gasteiger partial charge in [0.05, 0.1) is 18.2 Å². The SMILES string of the molecule is COc1ccc2c(c1)CCN2c1ccc(C(=O)NC2(C(=O)O)C3CC4CC(C3)CC2C4)c(C(F)(F)F)c1. The number of methoxy groups -OCH3 is 1. The minimum Gasteiger partial charge on any atom is -0.497 e. The zero-order valence-electron chi connectivity index (χ0n) is 20.5. The first-order valence-corrected chi connectivity index (χ1v) is 12.8. The fourth-order valence-corrected chi connectivity index (χ4v) is 7.70. The summed E-state index contributed by atoms with van der Waals surface area (Å²) in [5.41, 5.74) is -1.02. The topological polar surface area (TPSA) is 78.9 Å². The molecule has 2 aromatic carbocycles. The largest absolute Gasteiger partial charge is 0.497 e. The number of carboxylic acid groups (broad SMARTS) is 1. The van der Waals surface area contributed by atoms with Crippen molar-refractivity contribution >= 4 is 23.3 Å². The second kappa shape index (κ2) is 8.39. The normalized spacial score (nSPS) is 29.8. The Hall–Kier alpha value is -3.23. The smallest absolute Gasteiger partial charge is 0.417 e. The lowest BCUT2D eigenvalue weighted by atomic mass is 9.48. The van der Waals surface area contributed by atoms with E-state index < -0.39 is 34.7 Å². The molecule has 6 nitrogen and oxygen atoms in total. The monoisotopic (exact) mass is 514 g/mol. The Balaban J connectivity index is 1.34. The van der Waals surface area contributed by atoms with Gasteiger partial charge in [0, 0.05) is 17.9 Å². The molecular formula is C28H29F3N2O4. The predicted molar refractivity (Wildman–Crippen MR) is 130 cm³/mol. The van der Waals surface area contributed by atoms with Crippen molar-refractivity contribution in [3.05, 3.63) is 53.1 Å². The lowest BCUT2D eigenvalue weighted by Crippen LogP contribution is -2.70. The van der Waals surface area contributed by atoms with Gasteiger partial charge in [-0.25, -0.2) is 4.79 Å². The van der Waals surface area contributed by atoms with Crippen molar-refractivity contribution in [1.29, 1.82) is 0 Å². The van der Waals surface area contributed by atoms with Crippen molar-refractivity contribution in [2.24, 2.45) is 23.7 Å². The third kappa shape index (κ3) is 3.77. The molecule has 1 aliphatic heterocycles. The Morgan fingerprint density at radius 2 is 1.70 bits per heavy atom. The summed E-state index contributed by atoms with van der Waals surface area (Å²) in [6, 6.07) is 9.14. The number of halogens is 3. The van der Waals surface area contributed by atoms with Gasteiger partial charge in [-0.3, -0.25) is 4.79 Å². The highest BCUT2D eigenvalue weighted by molar-refractivity contribution is 6.00. The van der Waals surface area contributed by atoms with Crippen molar-refractivity contribution in [1.82, 2.24) is 5.32 Å². The summed E-state index contributed by atoms with van der Waals surface area (Å²) in [4.78, 5) is 27.8. The highest BCUT2D eigenvalue weighted by atomic mass is 19.4. The molecule has 4 aliphatic carbocycles. The van der Waals surface area contributed by atoms with E-state index in [1.165, 1.54) is 12.1 Å². The van der Waals surface area contributed by atoms with E-state index in [2.05, 4.69) is 5.32 Å². The molecule has 0 unspecified atom stereocenters. The third-order valence-corrected chi connectivity index (χ3v) is 9.15. The number of benzene rings is 2. The fraction of sp³-hybridized carbons (Fsp3) is 0.500. The Morgan fingerprint density at radius 3 is 2.30 bits per heavy atom. The summed E-state index contributed by atoms with van der Waals surface area (Å²) in [6.45, 7) is 0.499. The Bertz CT molecular complexity index is 1250. The summed E-state index contributed by atoms with van der Waals surface area (Å²) in [5, 5.41) is 12.9. The molecule has 37 heavy (non-hydrogen) atoms. The molecule has 9 heteroatoms.